The third-order valence-corrected chi connectivity index (χ3v) is 21.7. The van der Waals surface area contributed by atoms with Gasteiger partial charge in [0.25, 0.3) is 5.91 Å². The Morgan fingerprint density at radius 1 is 0.436 bits per heavy atom. The molecular weight excluding hydrogens is 1290 g/mol. The third-order valence-electron chi connectivity index (χ3n) is 21.7. The molecule has 21 heteroatoms. The van der Waals surface area contributed by atoms with Gasteiger partial charge in [-0.05, 0) is 183 Å². The van der Waals surface area contributed by atoms with Gasteiger partial charge in [-0.1, -0.05) is 121 Å². The van der Waals surface area contributed by atoms with Crippen LogP contribution in [0.4, 0.5) is 26.3 Å². The van der Waals surface area contributed by atoms with Gasteiger partial charge in [0.15, 0.2) is 0 Å². The molecule has 12 rings (SSSR count). The van der Waals surface area contributed by atoms with E-state index in [9.17, 15) is 50.3 Å². The molecule has 101 heavy (non-hydrogen) atoms. The highest BCUT2D eigenvalue weighted by Crippen LogP contribution is 2.38. The Kier molecular flexibility index (Phi) is 29.4. The van der Waals surface area contributed by atoms with Crippen LogP contribution >= 0.6 is 0 Å². The normalized spacial score (nSPS) is 23.9. The minimum atomic E-state index is -5.04. The molecule has 4 N–H and O–H groups in total. The Hall–Kier alpha value is -7.01. The summed E-state index contributed by atoms with van der Waals surface area (Å²) in [4.78, 5) is 71.9. The summed E-state index contributed by atoms with van der Waals surface area (Å²) < 4.78 is 80.9. The Bertz CT molecular complexity index is 3330. The van der Waals surface area contributed by atoms with E-state index in [0.717, 1.165) is 103 Å². The smallest absolute Gasteiger partial charge is 0.343 e. The number of hydrogen-bond acceptors (Lipinski definition) is 11. The van der Waals surface area contributed by atoms with E-state index in [2.05, 4.69) is 111 Å². The van der Waals surface area contributed by atoms with E-state index in [0.29, 0.717) is 99.4 Å². The van der Waals surface area contributed by atoms with Gasteiger partial charge in [-0.2, -0.15) is 26.3 Å². The van der Waals surface area contributed by atoms with Crippen molar-refractivity contribution in [3.63, 3.8) is 0 Å². The maximum Gasteiger partial charge on any atom is 0.416 e. The number of likely N-dealkylation sites (tertiary alicyclic amines) is 6. The first-order valence-electron chi connectivity index (χ1n) is 36.9. The van der Waals surface area contributed by atoms with Crippen molar-refractivity contribution in [3.05, 3.63) is 178 Å². The third kappa shape index (κ3) is 23.8. The molecule has 0 saturated carbocycles. The van der Waals surface area contributed by atoms with Crippen molar-refractivity contribution in [1.82, 2.24) is 50.7 Å². The summed E-state index contributed by atoms with van der Waals surface area (Å²) in [7, 11) is 4.31. The van der Waals surface area contributed by atoms with Crippen molar-refractivity contribution >= 4 is 29.4 Å². The van der Waals surface area contributed by atoms with E-state index in [-0.39, 0.29) is 48.5 Å². The zero-order valence-corrected chi connectivity index (χ0v) is 59.8. The fourth-order valence-electron chi connectivity index (χ4n) is 15.8. The first-order valence-corrected chi connectivity index (χ1v) is 36.9. The predicted molar refractivity (Wildman–Crippen MR) is 385 cm³/mol. The minimum absolute atomic E-state index is 0.00385. The number of nitrogens with zero attached hydrogens (tertiary/aromatic N) is 6. The summed E-state index contributed by atoms with van der Waals surface area (Å²) >= 11 is 0. The Labute approximate surface area is 594 Å². The molecule has 0 aliphatic carbocycles. The first-order chi connectivity index (χ1) is 48.4. The topological polar surface area (TPSA) is 153 Å². The van der Waals surface area contributed by atoms with Gasteiger partial charge in [0.2, 0.25) is 17.7 Å². The Morgan fingerprint density at radius 2 is 0.812 bits per heavy atom. The van der Waals surface area contributed by atoms with Crippen LogP contribution in [0.15, 0.2) is 140 Å². The summed E-state index contributed by atoms with van der Waals surface area (Å²) in [5.41, 5.74) is 1.34. The highest BCUT2D eigenvalue weighted by atomic mass is 19.4. The second kappa shape index (κ2) is 38.0. The van der Waals surface area contributed by atoms with Gasteiger partial charge in [0.1, 0.15) is 5.78 Å². The second-order valence-corrected chi connectivity index (χ2v) is 28.9. The van der Waals surface area contributed by atoms with Crippen LogP contribution < -0.4 is 21.3 Å². The molecule has 7 aliphatic rings. The molecule has 7 atom stereocenters. The number of carbonyl (C=O) groups is 5. The predicted octanol–water partition coefficient (Wildman–Crippen LogP) is 11.7. The lowest BCUT2D eigenvalue weighted by Crippen LogP contribution is -2.59. The summed E-state index contributed by atoms with van der Waals surface area (Å²) in [6, 6.07) is 44.9. The number of nitrogens with one attached hydrogen (secondary N) is 4. The number of piperidine rings is 7. The number of amides is 4. The minimum Gasteiger partial charge on any atom is -0.343 e. The van der Waals surface area contributed by atoms with Crippen molar-refractivity contribution in [3.8, 4) is 0 Å². The molecule has 5 aromatic rings. The highest BCUT2D eigenvalue weighted by Gasteiger charge is 2.42. The van der Waals surface area contributed by atoms with Crippen molar-refractivity contribution in [2.24, 2.45) is 0 Å². The number of likely N-dealkylation sites (N-methyl/N-ethyl adjacent to an activating group) is 2. The molecule has 7 fully saturated rings. The number of hydrogen-bond donors (Lipinski definition) is 4. The lowest BCUT2D eigenvalue weighted by atomic mass is 9.88. The zero-order chi connectivity index (χ0) is 72.1. The van der Waals surface area contributed by atoms with Crippen molar-refractivity contribution in [2.75, 3.05) is 79.5 Å². The fraction of sp³-hybridized carbons (Fsp3) is 0.562. The Balaban J connectivity index is 0.000000166. The fourth-order valence-corrected chi connectivity index (χ4v) is 15.8. The maximum absolute atomic E-state index is 13.6. The van der Waals surface area contributed by atoms with Gasteiger partial charge in [-0.3, -0.25) is 28.9 Å². The van der Waals surface area contributed by atoms with Gasteiger partial charge in [0, 0.05) is 127 Å². The number of ketones is 1. The van der Waals surface area contributed by atoms with Crippen molar-refractivity contribution < 1.29 is 50.3 Å². The van der Waals surface area contributed by atoms with Crippen LogP contribution in [0.2, 0.25) is 0 Å². The van der Waals surface area contributed by atoms with Crippen LogP contribution in [-0.4, -0.2) is 199 Å². The quantitative estimate of drug-likeness (QED) is 0.0741. The molecular formula is C80H108F6N10O5. The lowest BCUT2D eigenvalue weighted by molar-refractivity contribution is -0.143. The summed E-state index contributed by atoms with van der Waals surface area (Å²) in [6.07, 6.45) is 7.14. The van der Waals surface area contributed by atoms with Gasteiger partial charge in [-0.25, -0.2) is 0 Å². The molecule has 0 aromatic heterocycles. The van der Waals surface area contributed by atoms with E-state index in [1.165, 1.54) is 60.7 Å². The molecule has 550 valence electrons. The zero-order valence-electron chi connectivity index (χ0n) is 59.8. The number of rotatable bonds is 15. The van der Waals surface area contributed by atoms with Crippen LogP contribution in [0, 0.1) is 0 Å². The standard InChI is InChI=1S/C28H31F6N3O2.C20H31N3O.C19H29N3O.C13H17NO/c1-18(38)36-12-9-23(10-13-36)35-24-8-5-11-37(25(24)14-19-6-3-2-4-7-19)26(39)20-15-21(27(29,30)31)17-22(16-20)28(32,33)34;1-16(24)23-13-10-18(11-14-23)21-19-9-6-12-22(2)20(19)15-17-7-4-3-5-8-17;1-15(23)22-12-9-17(10-13-22)21-18-8-5-11-20-19(18)14-16-6-3-2-4-7-16;1-14-9-5-8-13(15)12(14)10-11-6-3-2-4-7-11/h2-4,6-7,15-17,23-25,35H,5,8-14H2,1H3;3-5,7-8,18-21H,6,9-15H2,1-2H3;2-4,6-7,17-21H,5,8-14H2,1H3;2-4,6-7,12H,5,8-10H2,1H3. The maximum atomic E-state index is 13.6. The molecule has 0 spiro atoms. The summed E-state index contributed by atoms with van der Waals surface area (Å²) in [5, 5.41) is 15.1. The number of carbonyl (C=O) groups excluding carboxylic acids is 5. The van der Waals surface area contributed by atoms with Crippen LogP contribution in [0.1, 0.15) is 154 Å². The molecule has 15 nitrogen and oxygen atoms in total. The number of alkyl halides is 6. The number of benzene rings is 5. The monoisotopic (exact) mass is 1400 g/mol. The van der Waals surface area contributed by atoms with E-state index >= 15 is 0 Å². The van der Waals surface area contributed by atoms with Gasteiger partial charge >= 0.3 is 12.4 Å². The highest BCUT2D eigenvalue weighted by molar-refractivity contribution is 5.95. The van der Waals surface area contributed by atoms with E-state index in [1.54, 1.807) is 18.7 Å². The van der Waals surface area contributed by atoms with E-state index in [4.69, 9.17) is 0 Å². The summed E-state index contributed by atoms with van der Waals surface area (Å²) in [6.45, 7) is 13.2. The van der Waals surface area contributed by atoms with Gasteiger partial charge in [0.05, 0.1) is 23.2 Å². The second-order valence-electron chi connectivity index (χ2n) is 28.9. The molecule has 7 heterocycles. The molecule has 5 aromatic carbocycles. The average molecular weight is 1400 g/mol. The van der Waals surface area contributed by atoms with Crippen molar-refractivity contribution in [2.45, 2.75) is 209 Å². The van der Waals surface area contributed by atoms with E-state index in [1.807, 2.05) is 65.4 Å². The molecule has 7 unspecified atom stereocenters. The first kappa shape index (κ1) is 78.1. The van der Waals surface area contributed by atoms with Crippen LogP contribution in [0.3, 0.4) is 0 Å². The number of Topliss-reactive ketones (excluding diaryl/α,β-unsaturated/α-hetero) is 1. The Morgan fingerprint density at radius 3 is 1.24 bits per heavy atom. The van der Waals surface area contributed by atoms with Crippen LogP contribution in [-0.2, 0) is 57.2 Å². The molecule has 7 aliphatic heterocycles. The van der Waals surface area contributed by atoms with Gasteiger partial charge in [-0.15, -0.1) is 0 Å². The van der Waals surface area contributed by atoms with Crippen molar-refractivity contribution in [1.29, 1.82) is 0 Å². The van der Waals surface area contributed by atoms with Crippen LogP contribution in [0.5, 0.6) is 0 Å². The largest absolute Gasteiger partial charge is 0.416 e. The SMILES string of the molecule is CC(=O)N1CCC(NC2CCCN(C(=O)c3cc(C(F)(F)F)cc(C(F)(F)F)c3)C2Cc2ccccc2)CC1.CC(=O)N1CCC(NC2CCCN(C)C2Cc2ccccc2)CC1.CC(=O)N1CCC(NC2CCCNC2Cc2ccccc2)CC1.CN1CCCC(=O)C1Cc1ccccc1. The molecule has 4 amide bonds. The average Bonchev–Trinajstić information content (AvgIpc) is 0.781. The number of halogens is 6. The lowest BCUT2D eigenvalue weighted by Gasteiger charge is -2.44. The molecule has 7 saturated heterocycles. The summed E-state index contributed by atoms with van der Waals surface area (Å²) in [5.74, 6) is -0.0280. The molecule has 0 radical (unpaired) electrons. The van der Waals surface area contributed by atoms with E-state index < -0.39 is 41.0 Å². The van der Waals surface area contributed by atoms with Gasteiger partial charge < -0.3 is 45.8 Å². The van der Waals surface area contributed by atoms with Crippen LogP contribution in [0.25, 0.3) is 0 Å². The molecule has 0 bridgehead atoms.